The van der Waals surface area contributed by atoms with Crippen LogP contribution in [0.25, 0.3) is 0 Å². The predicted octanol–water partition coefficient (Wildman–Crippen LogP) is 2.30. The second-order valence-corrected chi connectivity index (χ2v) is 3.22. The summed E-state index contributed by atoms with van der Waals surface area (Å²) in [6.45, 7) is 6.77. The van der Waals surface area contributed by atoms with Gasteiger partial charge in [0.2, 0.25) is 0 Å². The molecule has 0 nitrogen and oxygen atoms in total. The van der Waals surface area contributed by atoms with Gasteiger partial charge in [-0.3, -0.25) is 0 Å². The van der Waals surface area contributed by atoms with Crippen molar-refractivity contribution >= 4 is 0 Å². The monoisotopic (exact) mass is 122 g/mol. The van der Waals surface area contributed by atoms with E-state index in [4.69, 9.17) is 0 Å². The molecule has 0 radical (unpaired) electrons. The molecule has 0 spiro atoms. The SMILES string of the molecule is CC(C)C1CC#CC1C. The lowest BCUT2D eigenvalue weighted by Crippen LogP contribution is -2.12. The van der Waals surface area contributed by atoms with Gasteiger partial charge in [-0.2, -0.15) is 0 Å². The van der Waals surface area contributed by atoms with Crippen LogP contribution >= 0.6 is 0 Å². The molecule has 2 unspecified atom stereocenters. The van der Waals surface area contributed by atoms with Crippen molar-refractivity contribution in [2.45, 2.75) is 27.2 Å². The molecule has 0 heterocycles. The second kappa shape index (κ2) is 2.43. The van der Waals surface area contributed by atoms with Crippen LogP contribution < -0.4 is 0 Å². The van der Waals surface area contributed by atoms with Crippen molar-refractivity contribution in [3.8, 4) is 11.8 Å². The lowest BCUT2D eigenvalue weighted by molar-refractivity contribution is 0.339. The van der Waals surface area contributed by atoms with Crippen LogP contribution in [-0.2, 0) is 0 Å². The maximum absolute atomic E-state index is 3.20. The molecule has 50 valence electrons. The van der Waals surface area contributed by atoms with Gasteiger partial charge in [0.25, 0.3) is 0 Å². The van der Waals surface area contributed by atoms with E-state index in [-0.39, 0.29) is 0 Å². The normalized spacial score (nSPS) is 32.4. The topological polar surface area (TPSA) is 0 Å². The van der Waals surface area contributed by atoms with Crippen LogP contribution in [-0.4, -0.2) is 0 Å². The molecule has 9 heavy (non-hydrogen) atoms. The third kappa shape index (κ3) is 1.27. The molecule has 0 N–H and O–H groups in total. The van der Waals surface area contributed by atoms with Crippen molar-refractivity contribution in [2.24, 2.45) is 17.8 Å². The summed E-state index contributed by atoms with van der Waals surface area (Å²) in [5, 5.41) is 0. The molecule has 0 saturated carbocycles. The summed E-state index contributed by atoms with van der Waals surface area (Å²) < 4.78 is 0. The van der Waals surface area contributed by atoms with E-state index in [1.807, 2.05) is 0 Å². The fourth-order valence-electron chi connectivity index (χ4n) is 1.43. The molecule has 2 atom stereocenters. The Hall–Kier alpha value is -0.440. The Morgan fingerprint density at radius 3 is 2.33 bits per heavy atom. The van der Waals surface area contributed by atoms with Crippen molar-refractivity contribution < 1.29 is 0 Å². The molecule has 0 aromatic carbocycles. The fraction of sp³-hybridized carbons (Fsp3) is 0.778. The van der Waals surface area contributed by atoms with Crippen LogP contribution in [0.2, 0.25) is 0 Å². The van der Waals surface area contributed by atoms with Gasteiger partial charge in [-0.15, -0.1) is 5.92 Å². The molecular weight excluding hydrogens is 108 g/mol. The zero-order valence-electron chi connectivity index (χ0n) is 6.44. The highest BCUT2D eigenvalue weighted by atomic mass is 14.2. The zero-order chi connectivity index (χ0) is 6.85. The second-order valence-electron chi connectivity index (χ2n) is 3.22. The van der Waals surface area contributed by atoms with Gasteiger partial charge in [-0.1, -0.05) is 26.7 Å². The Kier molecular flexibility index (Phi) is 1.81. The number of rotatable bonds is 1. The zero-order valence-corrected chi connectivity index (χ0v) is 6.44. The van der Waals surface area contributed by atoms with Gasteiger partial charge in [0, 0.05) is 12.3 Å². The molecule has 0 aromatic heterocycles. The maximum Gasteiger partial charge on any atom is 0.0214 e. The van der Waals surface area contributed by atoms with Crippen LogP contribution in [0.15, 0.2) is 0 Å². The molecule has 0 aromatic rings. The number of hydrogen-bond donors (Lipinski definition) is 0. The van der Waals surface area contributed by atoms with Crippen molar-refractivity contribution in [3.63, 3.8) is 0 Å². The van der Waals surface area contributed by atoms with Gasteiger partial charge >= 0.3 is 0 Å². The standard InChI is InChI=1S/C9H14/c1-7(2)9-6-4-5-8(9)3/h7-9H,6H2,1-3H3. The van der Waals surface area contributed by atoms with E-state index in [9.17, 15) is 0 Å². The Labute approximate surface area is 57.7 Å². The minimum atomic E-state index is 0.644. The Bertz CT molecular complexity index is 145. The minimum absolute atomic E-state index is 0.644. The predicted molar refractivity (Wildman–Crippen MR) is 39.9 cm³/mol. The number of hydrogen-bond acceptors (Lipinski definition) is 0. The van der Waals surface area contributed by atoms with Crippen molar-refractivity contribution in [3.05, 3.63) is 0 Å². The molecule has 1 aliphatic rings. The molecule has 0 aliphatic heterocycles. The van der Waals surface area contributed by atoms with E-state index in [2.05, 4.69) is 32.6 Å². The molecule has 1 aliphatic carbocycles. The first kappa shape index (κ1) is 6.68. The van der Waals surface area contributed by atoms with Gasteiger partial charge in [0.05, 0.1) is 0 Å². The molecular formula is C9H14. The first-order chi connectivity index (χ1) is 4.22. The lowest BCUT2D eigenvalue weighted by atomic mass is 9.86. The third-order valence-corrected chi connectivity index (χ3v) is 2.17. The van der Waals surface area contributed by atoms with Crippen molar-refractivity contribution in [2.75, 3.05) is 0 Å². The Balaban J connectivity index is 2.47. The first-order valence-corrected chi connectivity index (χ1v) is 3.70. The van der Waals surface area contributed by atoms with E-state index < -0.39 is 0 Å². The van der Waals surface area contributed by atoms with Crippen molar-refractivity contribution in [1.29, 1.82) is 0 Å². The van der Waals surface area contributed by atoms with E-state index in [1.165, 1.54) is 0 Å². The van der Waals surface area contributed by atoms with Crippen LogP contribution in [0.4, 0.5) is 0 Å². The molecule has 0 bridgehead atoms. The summed E-state index contributed by atoms with van der Waals surface area (Å²) in [7, 11) is 0. The summed E-state index contributed by atoms with van der Waals surface area (Å²) in [6.07, 6.45) is 1.12. The molecule has 0 saturated heterocycles. The highest BCUT2D eigenvalue weighted by Crippen LogP contribution is 2.26. The van der Waals surface area contributed by atoms with Crippen LogP contribution in [0.3, 0.4) is 0 Å². The minimum Gasteiger partial charge on any atom is -0.103 e. The van der Waals surface area contributed by atoms with Crippen LogP contribution in [0.1, 0.15) is 27.2 Å². The average molecular weight is 122 g/mol. The van der Waals surface area contributed by atoms with Gasteiger partial charge in [0.1, 0.15) is 0 Å². The summed E-state index contributed by atoms with van der Waals surface area (Å²) in [4.78, 5) is 0. The smallest absolute Gasteiger partial charge is 0.0214 e. The average Bonchev–Trinajstić information content (AvgIpc) is 2.13. The summed E-state index contributed by atoms with van der Waals surface area (Å²) >= 11 is 0. The highest BCUT2D eigenvalue weighted by molar-refractivity contribution is 5.12. The maximum atomic E-state index is 3.20. The van der Waals surface area contributed by atoms with Crippen LogP contribution in [0, 0.1) is 29.6 Å². The first-order valence-electron chi connectivity index (χ1n) is 3.70. The van der Waals surface area contributed by atoms with E-state index in [0.29, 0.717) is 5.92 Å². The highest BCUT2D eigenvalue weighted by Gasteiger charge is 2.21. The van der Waals surface area contributed by atoms with Gasteiger partial charge in [-0.25, -0.2) is 0 Å². The molecule has 0 amide bonds. The Morgan fingerprint density at radius 1 is 1.44 bits per heavy atom. The third-order valence-electron chi connectivity index (χ3n) is 2.17. The molecule has 0 heteroatoms. The lowest BCUT2D eigenvalue weighted by Gasteiger charge is -2.17. The largest absolute Gasteiger partial charge is 0.103 e. The van der Waals surface area contributed by atoms with Gasteiger partial charge in [-0.05, 0) is 11.8 Å². The fourth-order valence-corrected chi connectivity index (χ4v) is 1.43. The van der Waals surface area contributed by atoms with E-state index >= 15 is 0 Å². The summed E-state index contributed by atoms with van der Waals surface area (Å²) in [5.41, 5.74) is 0. The Morgan fingerprint density at radius 2 is 2.11 bits per heavy atom. The van der Waals surface area contributed by atoms with Crippen LogP contribution in [0.5, 0.6) is 0 Å². The van der Waals surface area contributed by atoms with Gasteiger partial charge < -0.3 is 0 Å². The van der Waals surface area contributed by atoms with Gasteiger partial charge in [0.15, 0.2) is 0 Å². The quantitative estimate of drug-likeness (QED) is 0.468. The summed E-state index contributed by atoms with van der Waals surface area (Å²) in [6, 6.07) is 0. The van der Waals surface area contributed by atoms with Crippen molar-refractivity contribution in [1.82, 2.24) is 0 Å². The molecule has 0 fully saturated rings. The summed E-state index contributed by atoms with van der Waals surface area (Å²) in [5.74, 6) is 8.60. The molecule has 1 rings (SSSR count). The van der Waals surface area contributed by atoms with E-state index in [1.54, 1.807) is 0 Å². The van der Waals surface area contributed by atoms with E-state index in [0.717, 1.165) is 18.3 Å².